The Kier molecular flexibility index (Phi) is 5.93. The fourth-order valence-electron chi connectivity index (χ4n) is 3.91. The third-order valence-corrected chi connectivity index (χ3v) is 6.06. The molecule has 9 heteroatoms. The number of piperazine rings is 1. The standard InChI is InChI=1S/C23H25N7OS/c1-17-7-5-6-10-19(17)22-24-20(31-27-22)15-28-11-13-29(14-12-28)16-30-23(32)25-21(26-30)18-8-3-2-4-9-18/h2-10H,11-16H2,1H3,(H,25,26,32). The van der Waals surface area contributed by atoms with Gasteiger partial charge in [-0.15, -0.1) is 0 Å². The Hall–Kier alpha value is -3.14. The third-order valence-electron chi connectivity index (χ3n) is 5.75. The van der Waals surface area contributed by atoms with Gasteiger partial charge in [-0.05, 0) is 24.7 Å². The van der Waals surface area contributed by atoms with Crippen LogP contribution in [0.3, 0.4) is 0 Å². The first-order chi connectivity index (χ1) is 15.7. The van der Waals surface area contributed by atoms with E-state index >= 15 is 0 Å². The van der Waals surface area contributed by atoms with Crippen LogP contribution in [0.4, 0.5) is 0 Å². The molecule has 2 aromatic heterocycles. The number of H-pyrrole nitrogens is 1. The highest BCUT2D eigenvalue weighted by Crippen LogP contribution is 2.20. The fraction of sp³-hybridized carbons (Fsp3) is 0.304. The number of hydrogen-bond donors (Lipinski definition) is 1. The molecule has 0 bridgehead atoms. The van der Waals surface area contributed by atoms with Crippen molar-refractivity contribution in [2.75, 3.05) is 26.2 Å². The minimum Gasteiger partial charge on any atom is -0.338 e. The Bertz CT molecular complexity index is 1240. The van der Waals surface area contributed by atoms with Crippen LogP contribution in [0.2, 0.25) is 0 Å². The summed E-state index contributed by atoms with van der Waals surface area (Å²) in [7, 11) is 0. The maximum absolute atomic E-state index is 5.51. The van der Waals surface area contributed by atoms with E-state index in [1.165, 1.54) is 0 Å². The summed E-state index contributed by atoms with van der Waals surface area (Å²) in [5.74, 6) is 2.11. The van der Waals surface area contributed by atoms with Gasteiger partial charge in [0.2, 0.25) is 16.5 Å². The number of rotatable bonds is 6. The smallest absolute Gasteiger partial charge is 0.241 e. The van der Waals surface area contributed by atoms with Gasteiger partial charge >= 0.3 is 0 Å². The van der Waals surface area contributed by atoms with Crippen LogP contribution in [-0.4, -0.2) is 60.9 Å². The van der Waals surface area contributed by atoms with Crippen molar-refractivity contribution < 1.29 is 4.52 Å². The first kappa shape index (κ1) is 20.7. The molecule has 1 fully saturated rings. The van der Waals surface area contributed by atoms with Gasteiger partial charge in [-0.1, -0.05) is 59.8 Å². The van der Waals surface area contributed by atoms with Gasteiger partial charge in [0.1, 0.15) is 0 Å². The quantitative estimate of drug-likeness (QED) is 0.451. The molecule has 5 rings (SSSR count). The second kappa shape index (κ2) is 9.15. The first-order valence-electron chi connectivity index (χ1n) is 10.7. The second-order valence-corrected chi connectivity index (χ2v) is 8.38. The number of benzene rings is 2. The predicted octanol–water partition coefficient (Wildman–Crippen LogP) is 3.74. The van der Waals surface area contributed by atoms with Crippen molar-refractivity contribution in [2.24, 2.45) is 0 Å². The van der Waals surface area contributed by atoms with Crippen LogP contribution in [0.15, 0.2) is 59.1 Å². The summed E-state index contributed by atoms with van der Waals surface area (Å²) in [5, 5.41) is 7.50. The molecule has 4 aromatic rings. The minimum atomic E-state index is 0.570. The number of aromatic amines is 1. The van der Waals surface area contributed by atoms with Gasteiger partial charge < -0.3 is 4.52 Å². The molecular formula is C23H25N7OS. The molecule has 0 amide bonds. The summed E-state index contributed by atoms with van der Waals surface area (Å²) < 4.78 is 8.01. The zero-order chi connectivity index (χ0) is 21.9. The lowest BCUT2D eigenvalue weighted by Crippen LogP contribution is -2.46. The second-order valence-electron chi connectivity index (χ2n) is 8.01. The van der Waals surface area contributed by atoms with Gasteiger partial charge in [0.05, 0.1) is 13.2 Å². The van der Waals surface area contributed by atoms with Crippen LogP contribution in [0.25, 0.3) is 22.8 Å². The van der Waals surface area contributed by atoms with E-state index < -0.39 is 0 Å². The summed E-state index contributed by atoms with van der Waals surface area (Å²) in [6.07, 6.45) is 0. The molecular weight excluding hydrogens is 422 g/mol. The van der Waals surface area contributed by atoms with E-state index in [4.69, 9.17) is 16.7 Å². The Morgan fingerprint density at radius 2 is 1.66 bits per heavy atom. The summed E-state index contributed by atoms with van der Waals surface area (Å²) in [4.78, 5) is 13.8. The van der Waals surface area contributed by atoms with Crippen LogP contribution in [0, 0.1) is 11.7 Å². The molecule has 1 N–H and O–H groups in total. The highest BCUT2D eigenvalue weighted by Gasteiger charge is 2.20. The van der Waals surface area contributed by atoms with Crippen molar-refractivity contribution >= 4 is 12.2 Å². The fourth-order valence-corrected chi connectivity index (χ4v) is 4.10. The van der Waals surface area contributed by atoms with Gasteiger partial charge in [-0.3, -0.25) is 14.9 Å². The lowest BCUT2D eigenvalue weighted by molar-refractivity contribution is 0.0910. The molecule has 0 atom stereocenters. The highest BCUT2D eigenvalue weighted by atomic mass is 32.1. The van der Waals surface area contributed by atoms with Crippen molar-refractivity contribution in [3.05, 3.63) is 70.8 Å². The van der Waals surface area contributed by atoms with Crippen molar-refractivity contribution in [3.8, 4) is 22.8 Å². The summed E-state index contributed by atoms with van der Waals surface area (Å²) in [6.45, 7) is 7.13. The van der Waals surface area contributed by atoms with Crippen LogP contribution in [0.5, 0.6) is 0 Å². The summed E-state index contributed by atoms with van der Waals surface area (Å²) in [6, 6.07) is 18.1. The molecule has 1 aliphatic rings. The molecule has 0 radical (unpaired) electrons. The van der Waals surface area contributed by atoms with Gasteiger partial charge in [-0.2, -0.15) is 9.97 Å². The van der Waals surface area contributed by atoms with Crippen LogP contribution in [0.1, 0.15) is 11.5 Å². The molecule has 0 aliphatic carbocycles. The average molecular weight is 448 g/mol. The van der Waals surface area contributed by atoms with E-state index in [-0.39, 0.29) is 0 Å². The Labute approximate surface area is 191 Å². The third kappa shape index (κ3) is 4.55. The van der Waals surface area contributed by atoms with Gasteiger partial charge in [0.25, 0.3) is 0 Å². The molecule has 2 aromatic carbocycles. The molecule has 0 saturated carbocycles. The molecule has 0 unspecified atom stereocenters. The number of aryl methyl sites for hydroxylation is 1. The molecule has 32 heavy (non-hydrogen) atoms. The maximum Gasteiger partial charge on any atom is 0.241 e. The molecule has 164 valence electrons. The van der Waals surface area contributed by atoms with Crippen molar-refractivity contribution in [1.82, 2.24) is 34.7 Å². The Morgan fingerprint density at radius 3 is 2.44 bits per heavy atom. The van der Waals surface area contributed by atoms with Crippen molar-refractivity contribution in [2.45, 2.75) is 20.1 Å². The first-order valence-corrected chi connectivity index (χ1v) is 11.1. The predicted molar refractivity (Wildman–Crippen MR) is 124 cm³/mol. The Balaban J connectivity index is 1.17. The van der Waals surface area contributed by atoms with Crippen LogP contribution < -0.4 is 0 Å². The maximum atomic E-state index is 5.51. The van der Waals surface area contributed by atoms with E-state index in [2.05, 4.69) is 43.0 Å². The van der Waals surface area contributed by atoms with E-state index in [9.17, 15) is 0 Å². The molecule has 0 spiro atoms. The van der Waals surface area contributed by atoms with E-state index in [0.29, 0.717) is 29.7 Å². The normalized spacial score (nSPS) is 15.3. The summed E-state index contributed by atoms with van der Waals surface area (Å²) in [5.41, 5.74) is 3.19. The number of aromatic nitrogens is 5. The molecule has 1 saturated heterocycles. The lowest BCUT2D eigenvalue weighted by Gasteiger charge is -2.33. The number of nitrogens with zero attached hydrogens (tertiary/aromatic N) is 6. The largest absolute Gasteiger partial charge is 0.338 e. The zero-order valence-corrected chi connectivity index (χ0v) is 18.8. The van der Waals surface area contributed by atoms with Crippen molar-refractivity contribution in [1.29, 1.82) is 0 Å². The van der Waals surface area contributed by atoms with Gasteiger partial charge in [0, 0.05) is 37.3 Å². The highest BCUT2D eigenvalue weighted by molar-refractivity contribution is 7.71. The zero-order valence-electron chi connectivity index (χ0n) is 17.9. The van der Waals surface area contributed by atoms with Crippen molar-refractivity contribution in [3.63, 3.8) is 0 Å². The van der Waals surface area contributed by atoms with Gasteiger partial charge in [-0.25, -0.2) is 4.68 Å². The molecule has 8 nitrogen and oxygen atoms in total. The minimum absolute atomic E-state index is 0.570. The molecule has 1 aliphatic heterocycles. The molecule has 3 heterocycles. The average Bonchev–Trinajstić information content (AvgIpc) is 3.43. The van der Waals surface area contributed by atoms with Crippen LogP contribution in [-0.2, 0) is 13.2 Å². The lowest BCUT2D eigenvalue weighted by atomic mass is 10.1. The topological polar surface area (TPSA) is 79.0 Å². The summed E-state index contributed by atoms with van der Waals surface area (Å²) >= 11 is 5.46. The van der Waals surface area contributed by atoms with E-state index in [0.717, 1.165) is 48.7 Å². The monoisotopic (exact) mass is 447 g/mol. The van der Waals surface area contributed by atoms with E-state index in [1.54, 1.807) is 0 Å². The van der Waals surface area contributed by atoms with Crippen LogP contribution >= 0.6 is 12.2 Å². The SMILES string of the molecule is Cc1ccccc1-c1noc(CN2CCN(Cn3[nH]c(-c4ccccc4)nc3=S)CC2)n1. The van der Waals surface area contributed by atoms with E-state index in [1.807, 2.05) is 53.2 Å². The Morgan fingerprint density at radius 1 is 0.938 bits per heavy atom. The van der Waals surface area contributed by atoms with Gasteiger partial charge in [0.15, 0.2) is 5.82 Å². The number of nitrogens with one attached hydrogen (secondary N) is 1. The number of hydrogen-bond acceptors (Lipinski definition) is 7.